The summed E-state index contributed by atoms with van der Waals surface area (Å²) in [6.45, 7) is 2.07. The molecule has 2 heterocycles. The molecule has 0 atom stereocenters. The van der Waals surface area contributed by atoms with E-state index in [1.54, 1.807) is 11.8 Å². The zero-order valence-corrected chi connectivity index (χ0v) is 17.1. The van der Waals surface area contributed by atoms with Crippen LogP contribution in [0.5, 0.6) is 0 Å². The Labute approximate surface area is 165 Å². The smallest absolute Gasteiger partial charge is 0.242 e. The quantitative estimate of drug-likeness (QED) is 0.831. The number of imidazole rings is 1. The van der Waals surface area contributed by atoms with E-state index in [1.807, 2.05) is 36.2 Å². The highest BCUT2D eigenvalue weighted by Gasteiger charge is 2.23. The molecule has 140 valence electrons. The van der Waals surface area contributed by atoms with E-state index in [0.717, 1.165) is 48.5 Å². The molecule has 1 aliphatic heterocycles. The zero-order valence-electron chi connectivity index (χ0n) is 14.6. The predicted octanol–water partition coefficient (Wildman–Crippen LogP) is 2.95. The number of nitrogens with one attached hydrogen (secondary N) is 1. The number of likely N-dealkylation sites (tertiary alicyclic amines) is 1. The lowest BCUT2D eigenvalue weighted by Gasteiger charge is -2.32. The number of hydrogen-bond donors (Lipinski definition) is 1. The van der Waals surface area contributed by atoms with Gasteiger partial charge in [0.05, 0.1) is 16.8 Å². The highest BCUT2D eigenvalue weighted by Crippen LogP contribution is 2.20. The summed E-state index contributed by atoms with van der Waals surface area (Å²) < 4.78 is 2.08. The van der Waals surface area contributed by atoms with E-state index in [2.05, 4.69) is 21.1 Å². The van der Waals surface area contributed by atoms with Gasteiger partial charge in [0, 0.05) is 19.1 Å². The number of rotatable bonds is 5. The molecule has 1 amide bonds. The maximum absolute atomic E-state index is 12.7. The van der Waals surface area contributed by atoms with E-state index in [9.17, 15) is 4.79 Å². The van der Waals surface area contributed by atoms with Gasteiger partial charge in [-0.05, 0) is 38.3 Å². The summed E-state index contributed by atoms with van der Waals surface area (Å²) in [7, 11) is 1.99. The van der Waals surface area contributed by atoms with Crippen LogP contribution >= 0.6 is 36.6 Å². The summed E-state index contributed by atoms with van der Waals surface area (Å²) in [6.07, 6.45) is 4.13. The van der Waals surface area contributed by atoms with Crippen molar-refractivity contribution in [3.63, 3.8) is 0 Å². The summed E-state index contributed by atoms with van der Waals surface area (Å²) in [5, 5.41) is 3.30. The average Bonchev–Trinajstić information content (AvgIpc) is 2.93. The maximum Gasteiger partial charge on any atom is 0.242 e. The van der Waals surface area contributed by atoms with Crippen molar-refractivity contribution in [2.75, 3.05) is 26.4 Å². The molecule has 0 spiro atoms. The van der Waals surface area contributed by atoms with Crippen molar-refractivity contribution in [1.29, 1.82) is 0 Å². The molecule has 8 heteroatoms. The van der Waals surface area contributed by atoms with E-state index in [-0.39, 0.29) is 30.7 Å². The van der Waals surface area contributed by atoms with Crippen LogP contribution in [0.25, 0.3) is 11.0 Å². The van der Waals surface area contributed by atoms with Crippen molar-refractivity contribution < 1.29 is 4.79 Å². The Hall–Kier alpha value is -0.950. The fourth-order valence-electron chi connectivity index (χ4n) is 3.19. The number of hydrogen-bond acceptors (Lipinski definition) is 4. The van der Waals surface area contributed by atoms with Crippen LogP contribution in [0.1, 0.15) is 18.7 Å². The fourth-order valence-corrected chi connectivity index (χ4v) is 3.67. The average molecular weight is 405 g/mol. The van der Waals surface area contributed by atoms with Crippen LogP contribution in [0.3, 0.4) is 0 Å². The number of thioether (sulfide) groups is 1. The van der Waals surface area contributed by atoms with Gasteiger partial charge in [-0.15, -0.1) is 24.8 Å². The van der Waals surface area contributed by atoms with Gasteiger partial charge >= 0.3 is 0 Å². The monoisotopic (exact) mass is 404 g/mol. The molecule has 1 aromatic heterocycles. The Morgan fingerprint density at radius 2 is 1.96 bits per heavy atom. The van der Waals surface area contributed by atoms with Crippen molar-refractivity contribution in [3.05, 3.63) is 30.1 Å². The standard InChI is InChI=1S/C17H24N4OS.2ClH/c1-18-13-7-9-20(10-8-13)17(22)11-21-15-6-4-3-5-14(15)19-16(21)12-23-2;;/h3-6,13,18H,7-12H2,1-2H3;2*1H. The minimum absolute atomic E-state index is 0. The van der Waals surface area contributed by atoms with Gasteiger partial charge in [0.15, 0.2) is 0 Å². The van der Waals surface area contributed by atoms with Gasteiger partial charge in [0.2, 0.25) is 5.91 Å². The van der Waals surface area contributed by atoms with Gasteiger partial charge in [-0.3, -0.25) is 4.79 Å². The molecule has 1 aromatic carbocycles. The molecular formula is C17H26Cl2N4OS. The number of piperidine rings is 1. The van der Waals surface area contributed by atoms with E-state index in [0.29, 0.717) is 12.6 Å². The second kappa shape index (κ2) is 10.3. The highest BCUT2D eigenvalue weighted by atomic mass is 35.5. The second-order valence-electron chi connectivity index (χ2n) is 5.98. The number of fused-ring (bicyclic) bond motifs is 1. The lowest BCUT2D eigenvalue weighted by molar-refractivity contribution is -0.132. The van der Waals surface area contributed by atoms with Crippen molar-refractivity contribution in [3.8, 4) is 0 Å². The molecule has 0 aliphatic carbocycles. The third-order valence-electron chi connectivity index (χ3n) is 4.56. The number of carbonyl (C=O) groups is 1. The summed E-state index contributed by atoms with van der Waals surface area (Å²) in [6, 6.07) is 8.60. The van der Waals surface area contributed by atoms with Crippen LogP contribution < -0.4 is 5.32 Å². The molecule has 1 fully saturated rings. The normalized spacial score (nSPS) is 14.9. The molecule has 5 nitrogen and oxygen atoms in total. The maximum atomic E-state index is 12.7. The molecule has 1 aliphatic rings. The summed E-state index contributed by atoms with van der Waals surface area (Å²) in [5.41, 5.74) is 2.02. The van der Waals surface area contributed by atoms with Gasteiger partial charge in [-0.1, -0.05) is 12.1 Å². The van der Waals surface area contributed by atoms with Gasteiger partial charge < -0.3 is 14.8 Å². The summed E-state index contributed by atoms with van der Waals surface area (Å²) in [4.78, 5) is 19.4. The van der Waals surface area contributed by atoms with Crippen molar-refractivity contribution in [2.45, 2.75) is 31.2 Å². The molecule has 25 heavy (non-hydrogen) atoms. The van der Waals surface area contributed by atoms with Crippen LogP contribution in [0, 0.1) is 0 Å². The number of halogens is 2. The molecule has 0 radical (unpaired) electrons. The molecule has 1 N–H and O–H groups in total. The topological polar surface area (TPSA) is 50.2 Å². The van der Waals surface area contributed by atoms with Crippen molar-refractivity contribution in [2.24, 2.45) is 0 Å². The van der Waals surface area contributed by atoms with Gasteiger partial charge in [0.1, 0.15) is 12.4 Å². The van der Waals surface area contributed by atoms with Crippen molar-refractivity contribution in [1.82, 2.24) is 19.8 Å². The number of carbonyl (C=O) groups excluding carboxylic acids is 1. The first-order chi connectivity index (χ1) is 11.2. The summed E-state index contributed by atoms with van der Waals surface area (Å²) >= 11 is 1.73. The summed E-state index contributed by atoms with van der Waals surface area (Å²) in [5.74, 6) is 2.01. The molecular weight excluding hydrogens is 379 g/mol. The van der Waals surface area contributed by atoms with Gasteiger partial charge in [0.25, 0.3) is 0 Å². The Balaban J connectivity index is 0.00000156. The highest BCUT2D eigenvalue weighted by molar-refractivity contribution is 7.97. The molecule has 3 rings (SSSR count). The predicted molar refractivity (Wildman–Crippen MR) is 110 cm³/mol. The van der Waals surface area contributed by atoms with Crippen LogP contribution in [0.4, 0.5) is 0 Å². The minimum Gasteiger partial charge on any atom is -0.341 e. The Bertz CT molecular complexity index is 686. The molecule has 0 bridgehead atoms. The van der Waals surface area contributed by atoms with E-state index in [4.69, 9.17) is 0 Å². The van der Waals surface area contributed by atoms with Crippen LogP contribution in [-0.2, 0) is 17.1 Å². The minimum atomic E-state index is 0. The number of benzene rings is 1. The Kier molecular flexibility index (Phi) is 9.07. The second-order valence-corrected chi connectivity index (χ2v) is 6.85. The Morgan fingerprint density at radius 1 is 1.28 bits per heavy atom. The number of aromatic nitrogens is 2. The fraction of sp³-hybridized carbons (Fsp3) is 0.529. The molecule has 0 unspecified atom stereocenters. The van der Waals surface area contributed by atoms with Crippen LogP contribution in [-0.4, -0.2) is 52.8 Å². The first kappa shape index (κ1) is 22.1. The van der Waals surface area contributed by atoms with Crippen molar-refractivity contribution >= 4 is 53.5 Å². The zero-order chi connectivity index (χ0) is 16.2. The van der Waals surface area contributed by atoms with Crippen LogP contribution in [0.15, 0.2) is 24.3 Å². The first-order valence-electron chi connectivity index (χ1n) is 8.11. The molecule has 2 aromatic rings. The van der Waals surface area contributed by atoms with E-state index in [1.165, 1.54) is 0 Å². The van der Waals surface area contributed by atoms with E-state index >= 15 is 0 Å². The van der Waals surface area contributed by atoms with Gasteiger partial charge in [-0.2, -0.15) is 11.8 Å². The number of amides is 1. The van der Waals surface area contributed by atoms with Gasteiger partial charge in [-0.25, -0.2) is 4.98 Å². The lowest BCUT2D eigenvalue weighted by atomic mass is 10.1. The molecule has 0 saturated carbocycles. The number of para-hydroxylation sites is 2. The first-order valence-corrected chi connectivity index (χ1v) is 9.50. The lowest BCUT2D eigenvalue weighted by Crippen LogP contribution is -2.45. The Morgan fingerprint density at radius 3 is 2.60 bits per heavy atom. The van der Waals surface area contributed by atoms with Crippen LogP contribution in [0.2, 0.25) is 0 Å². The third kappa shape index (κ3) is 5.03. The largest absolute Gasteiger partial charge is 0.341 e. The third-order valence-corrected chi connectivity index (χ3v) is 5.10. The van der Waals surface area contributed by atoms with E-state index < -0.39 is 0 Å². The molecule has 1 saturated heterocycles. The SMILES string of the molecule is CNC1CCN(C(=O)Cn2c(CSC)nc3ccccc32)CC1.Cl.Cl. The number of nitrogens with zero attached hydrogens (tertiary/aromatic N) is 3.